The van der Waals surface area contributed by atoms with Crippen LogP contribution in [0.4, 0.5) is 0 Å². The SMILES string of the molecule is COc1ccccc1OCC(=O)N(C)CCOc1ccc(C)cc1. The third-order valence-electron chi connectivity index (χ3n) is 3.56. The molecule has 0 fully saturated rings. The van der Waals surface area contributed by atoms with Gasteiger partial charge in [0.2, 0.25) is 0 Å². The monoisotopic (exact) mass is 329 g/mol. The normalized spacial score (nSPS) is 10.1. The number of carbonyl (C=O) groups excluding carboxylic acids is 1. The fraction of sp³-hybridized carbons (Fsp3) is 0.316. The molecule has 0 saturated carbocycles. The first-order chi connectivity index (χ1) is 11.6. The molecule has 0 aliphatic rings. The molecule has 0 aliphatic carbocycles. The van der Waals surface area contributed by atoms with Crippen LogP contribution in [0, 0.1) is 6.92 Å². The number of likely N-dealkylation sites (N-methyl/N-ethyl adjacent to an activating group) is 1. The summed E-state index contributed by atoms with van der Waals surface area (Å²) in [6.45, 7) is 2.90. The first kappa shape index (κ1) is 17.7. The Labute approximate surface area is 142 Å². The molecule has 0 unspecified atom stereocenters. The summed E-state index contributed by atoms with van der Waals surface area (Å²) in [5, 5.41) is 0. The number of amides is 1. The van der Waals surface area contributed by atoms with Crippen LogP contribution < -0.4 is 14.2 Å². The van der Waals surface area contributed by atoms with Gasteiger partial charge in [-0.1, -0.05) is 29.8 Å². The number of benzene rings is 2. The predicted molar refractivity (Wildman–Crippen MR) is 92.8 cm³/mol. The molecule has 5 nitrogen and oxygen atoms in total. The average Bonchev–Trinajstić information content (AvgIpc) is 2.61. The smallest absolute Gasteiger partial charge is 0.260 e. The molecule has 0 bridgehead atoms. The van der Waals surface area contributed by atoms with Gasteiger partial charge in [-0.3, -0.25) is 4.79 Å². The molecule has 2 aromatic carbocycles. The van der Waals surface area contributed by atoms with E-state index in [0.29, 0.717) is 24.7 Å². The highest BCUT2D eigenvalue weighted by atomic mass is 16.5. The molecular weight excluding hydrogens is 306 g/mol. The molecule has 0 spiro atoms. The molecule has 0 atom stereocenters. The van der Waals surface area contributed by atoms with Gasteiger partial charge in [0.1, 0.15) is 12.4 Å². The van der Waals surface area contributed by atoms with E-state index in [1.54, 1.807) is 31.2 Å². The molecule has 2 rings (SSSR count). The van der Waals surface area contributed by atoms with E-state index in [1.165, 1.54) is 5.56 Å². The van der Waals surface area contributed by atoms with E-state index in [0.717, 1.165) is 5.75 Å². The van der Waals surface area contributed by atoms with Gasteiger partial charge < -0.3 is 19.1 Å². The number of aryl methyl sites for hydroxylation is 1. The maximum absolute atomic E-state index is 12.1. The van der Waals surface area contributed by atoms with E-state index in [-0.39, 0.29) is 12.5 Å². The summed E-state index contributed by atoms with van der Waals surface area (Å²) in [6, 6.07) is 15.1. The van der Waals surface area contributed by atoms with Crippen molar-refractivity contribution in [2.24, 2.45) is 0 Å². The lowest BCUT2D eigenvalue weighted by Crippen LogP contribution is -2.34. The highest BCUT2D eigenvalue weighted by molar-refractivity contribution is 5.77. The summed E-state index contributed by atoms with van der Waals surface area (Å²) >= 11 is 0. The minimum atomic E-state index is -0.117. The Kier molecular flexibility index (Phi) is 6.49. The molecule has 0 radical (unpaired) electrons. The van der Waals surface area contributed by atoms with Crippen LogP contribution in [0.15, 0.2) is 48.5 Å². The summed E-state index contributed by atoms with van der Waals surface area (Å²) in [5.74, 6) is 1.84. The number of hydrogen-bond acceptors (Lipinski definition) is 4. The lowest BCUT2D eigenvalue weighted by atomic mass is 10.2. The summed E-state index contributed by atoms with van der Waals surface area (Å²) < 4.78 is 16.3. The van der Waals surface area contributed by atoms with Gasteiger partial charge in [0.25, 0.3) is 5.91 Å². The molecule has 0 N–H and O–H groups in total. The van der Waals surface area contributed by atoms with E-state index in [9.17, 15) is 4.79 Å². The zero-order chi connectivity index (χ0) is 17.4. The third kappa shape index (κ3) is 5.19. The Morgan fingerprint density at radius 3 is 2.33 bits per heavy atom. The van der Waals surface area contributed by atoms with Gasteiger partial charge in [-0.2, -0.15) is 0 Å². The first-order valence-electron chi connectivity index (χ1n) is 7.79. The largest absolute Gasteiger partial charge is 0.493 e. The van der Waals surface area contributed by atoms with Gasteiger partial charge in [0, 0.05) is 7.05 Å². The van der Waals surface area contributed by atoms with Gasteiger partial charge in [-0.05, 0) is 31.2 Å². The van der Waals surface area contributed by atoms with E-state index in [4.69, 9.17) is 14.2 Å². The molecule has 0 heterocycles. The molecule has 5 heteroatoms. The second-order valence-corrected chi connectivity index (χ2v) is 5.42. The minimum Gasteiger partial charge on any atom is -0.493 e. The summed E-state index contributed by atoms with van der Waals surface area (Å²) in [7, 11) is 3.30. The number of ether oxygens (including phenoxy) is 3. The van der Waals surface area contributed by atoms with Crippen LogP contribution in [-0.4, -0.2) is 44.7 Å². The maximum atomic E-state index is 12.1. The molecule has 0 aromatic heterocycles. The summed E-state index contributed by atoms with van der Waals surface area (Å²) in [6.07, 6.45) is 0. The third-order valence-corrected chi connectivity index (χ3v) is 3.56. The molecule has 0 saturated heterocycles. The molecule has 2 aromatic rings. The van der Waals surface area contributed by atoms with Crippen molar-refractivity contribution in [3.05, 3.63) is 54.1 Å². The van der Waals surface area contributed by atoms with Gasteiger partial charge in [-0.15, -0.1) is 0 Å². The van der Waals surface area contributed by atoms with Crippen LogP contribution in [0.2, 0.25) is 0 Å². The van der Waals surface area contributed by atoms with Crippen molar-refractivity contribution in [2.45, 2.75) is 6.92 Å². The number of rotatable bonds is 8. The quantitative estimate of drug-likeness (QED) is 0.747. The van der Waals surface area contributed by atoms with Crippen LogP contribution in [0.3, 0.4) is 0 Å². The standard InChI is InChI=1S/C19H23NO4/c1-15-8-10-16(11-9-15)23-13-12-20(2)19(21)14-24-18-7-5-4-6-17(18)22-3/h4-11H,12-14H2,1-3H3. The predicted octanol–water partition coefficient (Wildman–Crippen LogP) is 2.92. The highest BCUT2D eigenvalue weighted by Gasteiger charge is 2.11. The number of para-hydroxylation sites is 2. The Morgan fingerprint density at radius 1 is 1.00 bits per heavy atom. The fourth-order valence-electron chi connectivity index (χ4n) is 2.05. The van der Waals surface area contributed by atoms with Crippen molar-refractivity contribution < 1.29 is 19.0 Å². The molecule has 24 heavy (non-hydrogen) atoms. The summed E-state index contributed by atoms with van der Waals surface area (Å²) in [5.41, 5.74) is 1.18. The number of nitrogens with zero attached hydrogens (tertiary/aromatic N) is 1. The molecule has 1 amide bonds. The van der Waals surface area contributed by atoms with E-state index in [2.05, 4.69) is 0 Å². The van der Waals surface area contributed by atoms with Crippen LogP contribution in [0.5, 0.6) is 17.2 Å². The molecule has 128 valence electrons. The topological polar surface area (TPSA) is 48.0 Å². The Bertz CT molecular complexity index is 655. The van der Waals surface area contributed by atoms with Gasteiger partial charge >= 0.3 is 0 Å². The van der Waals surface area contributed by atoms with Crippen molar-refractivity contribution in [1.29, 1.82) is 0 Å². The Balaban J connectivity index is 1.74. The van der Waals surface area contributed by atoms with Crippen LogP contribution in [-0.2, 0) is 4.79 Å². The minimum absolute atomic E-state index is 0.0403. The number of methoxy groups -OCH3 is 1. The first-order valence-corrected chi connectivity index (χ1v) is 7.79. The van der Waals surface area contributed by atoms with Crippen molar-refractivity contribution >= 4 is 5.91 Å². The van der Waals surface area contributed by atoms with Crippen molar-refractivity contribution in [3.63, 3.8) is 0 Å². The van der Waals surface area contributed by atoms with Crippen molar-refractivity contribution in [1.82, 2.24) is 4.90 Å². The van der Waals surface area contributed by atoms with E-state index < -0.39 is 0 Å². The van der Waals surface area contributed by atoms with Crippen LogP contribution >= 0.6 is 0 Å². The van der Waals surface area contributed by atoms with Crippen LogP contribution in [0.25, 0.3) is 0 Å². The Morgan fingerprint density at radius 2 is 1.67 bits per heavy atom. The zero-order valence-electron chi connectivity index (χ0n) is 14.3. The van der Waals surface area contributed by atoms with Crippen LogP contribution in [0.1, 0.15) is 5.56 Å². The molecule has 0 aliphatic heterocycles. The second-order valence-electron chi connectivity index (χ2n) is 5.42. The average molecular weight is 329 g/mol. The second kappa shape index (κ2) is 8.82. The van der Waals surface area contributed by atoms with Gasteiger partial charge in [0.15, 0.2) is 18.1 Å². The summed E-state index contributed by atoms with van der Waals surface area (Å²) in [4.78, 5) is 13.7. The fourth-order valence-corrected chi connectivity index (χ4v) is 2.05. The van der Waals surface area contributed by atoms with Gasteiger partial charge in [0.05, 0.1) is 13.7 Å². The molecular formula is C19H23NO4. The highest BCUT2D eigenvalue weighted by Crippen LogP contribution is 2.25. The number of hydrogen-bond donors (Lipinski definition) is 0. The van der Waals surface area contributed by atoms with Crippen molar-refractivity contribution in [3.8, 4) is 17.2 Å². The lowest BCUT2D eigenvalue weighted by molar-refractivity contribution is -0.132. The number of carbonyl (C=O) groups is 1. The van der Waals surface area contributed by atoms with E-state index >= 15 is 0 Å². The Hall–Kier alpha value is -2.69. The van der Waals surface area contributed by atoms with Crippen molar-refractivity contribution in [2.75, 3.05) is 33.9 Å². The van der Waals surface area contributed by atoms with E-state index in [1.807, 2.05) is 43.3 Å². The zero-order valence-corrected chi connectivity index (χ0v) is 14.3. The maximum Gasteiger partial charge on any atom is 0.260 e. The lowest BCUT2D eigenvalue weighted by Gasteiger charge is -2.18. The van der Waals surface area contributed by atoms with Gasteiger partial charge in [-0.25, -0.2) is 0 Å².